The largest absolute Gasteiger partial charge is 0.384 e. The fraction of sp³-hybridized carbons (Fsp3) is 0.500. The van der Waals surface area contributed by atoms with E-state index in [0.717, 1.165) is 24.9 Å². The summed E-state index contributed by atoms with van der Waals surface area (Å²) >= 11 is 0. The Bertz CT molecular complexity index is 406. The number of hydrogen-bond acceptors (Lipinski definition) is 2. The molecular formula is C12H20N4O. The molecule has 1 atom stereocenters. The van der Waals surface area contributed by atoms with Crippen LogP contribution >= 0.6 is 0 Å². The van der Waals surface area contributed by atoms with Gasteiger partial charge in [-0.25, -0.2) is 4.99 Å². The number of H-pyrrole nitrogens is 1. The van der Waals surface area contributed by atoms with Crippen molar-refractivity contribution in [3.05, 3.63) is 23.5 Å². The van der Waals surface area contributed by atoms with Crippen LogP contribution in [-0.2, 0) is 5.60 Å². The van der Waals surface area contributed by atoms with Gasteiger partial charge in [0.2, 0.25) is 0 Å². The van der Waals surface area contributed by atoms with Crippen molar-refractivity contribution in [2.75, 3.05) is 0 Å². The lowest BCUT2D eigenvalue weighted by molar-refractivity contribution is 0.0414. The van der Waals surface area contributed by atoms with Crippen molar-refractivity contribution in [1.29, 1.82) is 5.41 Å². The van der Waals surface area contributed by atoms with Gasteiger partial charge in [-0.2, -0.15) is 0 Å². The van der Waals surface area contributed by atoms with E-state index in [4.69, 9.17) is 11.1 Å². The molecule has 17 heavy (non-hydrogen) atoms. The lowest BCUT2D eigenvalue weighted by Crippen LogP contribution is -2.22. The molecule has 0 fully saturated rings. The van der Waals surface area contributed by atoms with E-state index in [1.165, 1.54) is 0 Å². The zero-order valence-corrected chi connectivity index (χ0v) is 10.3. The van der Waals surface area contributed by atoms with Crippen LogP contribution in [-0.4, -0.2) is 22.3 Å². The van der Waals surface area contributed by atoms with Gasteiger partial charge in [-0.05, 0) is 25.5 Å². The maximum atomic E-state index is 10.3. The van der Waals surface area contributed by atoms with Crippen LogP contribution in [0.3, 0.4) is 0 Å². The number of unbranched alkanes of at least 4 members (excludes halogenated alkanes) is 1. The van der Waals surface area contributed by atoms with Crippen LogP contribution in [0.15, 0.2) is 17.1 Å². The highest BCUT2D eigenvalue weighted by molar-refractivity contribution is 5.99. The summed E-state index contributed by atoms with van der Waals surface area (Å²) in [5, 5.41) is 17.1. The summed E-state index contributed by atoms with van der Waals surface area (Å²) in [7, 11) is 0. The molecule has 0 aliphatic heterocycles. The molecule has 0 bridgehead atoms. The second-order valence-electron chi connectivity index (χ2n) is 4.31. The molecule has 0 aliphatic rings. The van der Waals surface area contributed by atoms with E-state index in [0.29, 0.717) is 12.1 Å². The molecule has 1 unspecified atom stereocenters. The topological polar surface area (TPSA) is 98.2 Å². The summed E-state index contributed by atoms with van der Waals surface area (Å²) in [6, 6.07) is 3.56. The Kier molecular flexibility index (Phi) is 4.45. The molecule has 0 aromatic carbocycles. The number of aromatic amines is 1. The van der Waals surface area contributed by atoms with Gasteiger partial charge in [-0.1, -0.05) is 19.8 Å². The summed E-state index contributed by atoms with van der Waals surface area (Å²) in [6.45, 7) is 3.87. The minimum Gasteiger partial charge on any atom is -0.384 e. The first-order chi connectivity index (χ1) is 8.01. The first-order valence-electron chi connectivity index (χ1n) is 5.75. The highest BCUT2D eigenvalue weighted by Gasteiger charge is 2.24. The maximum Gasteiger partial charge on any atom is 0.148 e. The molecule has 5 N–H and O–H groups in total. The van der Waals surface area contributed by atoms with Crippen molar-refractivity contribution < 1.29 is 5.11 Å². The fourth-order valence-corrected chi connectivity index (χ4v) is 1.65. The number of aliphatic imine (C=N–C) groups is 1. The van der Waals surface area contributed by atoms with Gasteiger partial charge in [0.05, 0.1) is 5.69 Å². The number of aliphatic hydroxyl groups is 1. The summed E-state index contributed by atoms with van der Waals surface area (Å²) in [5.41, 5.74) is 6.12. The van der Waals surface area contributed by atoms with Crippen LogP contribution in [0.25, 0.3) is 0 Å². The Morgan fingerprint density at radius 3 is 2.94 bits per heavy atom. The Labute approximate surface area is 101 Å². The van der Waals surface area contributed by atoms with Crippen LogP contribution in [0.5, 0.6) is 0 Å². The van der Waals surface area contributed by atoms with E-state index in [1.807, 2.05) is 0 Å². The average molecular weight is 236 g/mol. The van der Waals surface area contributed by atoms with E-state index in [9.17, 15) is 5.11 Å². The summed E-state index contributed by atoms with van der Waals surface area (Å²) in [4.78, 5) is 6.71. The van der Waals surface area contributed by atoms with E-state index >= 15 is 0 Å². The normalized spacial score (nSPS) is 15.6. The standard InChI is InChI=1S/C12H20N4O/c1-3-4-7-12(2,17)10-6-5-9(16-10)11(14)15-8-13/h5-6,8,16-17H,3-4,7H2,1-2H3,(H3,13,14,15). The van der Waals surface area contributed by atoms with Gasteiger partial charge in [0.15, 0.2) is 0 Å². The van der Waals surface area contributed by atoms with Gasteiger partial charge < -0.3 is 15.8 Å². The van der Waals surface area contributed by atoms with Crippen molar-refractivity contribution in [2.45, 2.75) is 38.7 Å². The van der Waals surface area contributed by atoms with Crippen LogP contribution < -0.4 is 5.73 Å². The van der Waals surface area contributed by atoms with Crippen molar-refractivity contribution in [2.24, 2.45) is 10.7 Å². The van der Waals surface area contributed by atoms with E-state index < -0.39 is 5.60 Å². The number of rotatable bonds is 6. The minimum absolute atomic E-state index is 0.248. The number of hydrogen-bond donors (Lipinski definition) is 4. The molecule has 1 rings (SSSR count). The molecule has 0 radical (unpaired) electrons. The van der Waals surface area contributed by atoms with E-state index in [2.05, 4.69) is 16.9 Å². The second kappa shape index (κ2) is 5.63. The quantitative estimate of drug-likeness (QED) is 0.447. The second-order valence-corrected chi connectivity index (χ2v) is 4.31. The Morgan fingerprint density at radius 2 is 2.35 bits per heavy atom. The van der Waals surface area contributed by atoms with Gasteiger partial charge in [0.1, 0.15) is 17.8 Å². The predicted octanol–water partition coefficient (Wildman–Crippen LogP) is 1.72. The Balaban J connectivity index is 2.86. The number of nitrogens with zero attached hydrogens (tertiary/aromatic N) is 1. The number of nitrogens with two attached hydrogens (primary N) is 1. The number of amidine groups is 1. The summed E-state index contributed by atoms with van der Waals surface area (Å²) in [6.07, 6.45) is 3.60. The molecule has 0 aliphatic carbocycles. The third-order valence-corrected chi connectivity index (χ3v) is 2.76. The third kappa shape index (κ3) is 3.42. The van der Waals surface area contributed by atoms with Crippen LogP contribution in [0.2, 0.25) is 0 Å². The molecule has 1 aromatic heterocycles. The molecule has 1 heterocycles. The number of nitrogens with one attached hydrogen (secondary N) is 2. The predicted molar refractivity (Wildman–Crippen MR) is 69.4 cm³/mol. The van der Waals surface area contributed by atoms with Crippen molar-refractivity contribution in [3.63, 3.8) is 0 Å². The Hall–Kier alpha value is -1.62. The van der Waals surface area contributed by atoms with Crippen molar-refractivity contribution in [1.82, 2.24) is 4.98 Å². The molecule has 94 valence electrons. The molecule has 0 amide bonds. The van der Waals surface area contributed by atoms with Crippen molar-refractivity contribution >= 4 is 12.2 Å². The van der Waals surface area contributed by atoms with Gasteiger partial charge in [0.25, 0.3) is 0 Å². The smallest absolute Gasteiger partial charge is 0.148 e. The van der Waals surface area contributed by atoms with Crippen LogP contribution in [0, 0.1) is 5.41 Å². The van der Waals surface area contributed by atoms with E-state index in [-0.39, 0.29) is 5.84 Å². The first-order valence-corrected chi connectivity index (χ1v) is 5.75. The zero-order chi connectivity index (χ0) is 12.9. The van der Waals surface area contributed by atoms with Crippen molar-refractivity contribution in [3.8, 4) is 0 Å². The van der Waals surface area contributed by atoms with Gasteiger partial charge >= 0.3 is 0 Å². The average Bonchev–Trinajstić information content (AvgIpc) is 2.77. The monoisotopic (exact) mass is 236 g/mol. The van der Waals surface area contributed by atoms with Crippen LogP contribution in [0.1, 0.15) is 44.5 Å². The van der Waals surface area contributed by atoms with Gasteiger partial charge in [-0.15, -0.1) is 0 Å². The summed E-state index contributed by atoms with van der Waals surface area (Å²) < 4.78 is 0. The third-order valence-electron chi connectivity index (χ3n) is 2.76. The molecule has 1 aromatic rings. The maximum absolute atomic E-state index is 10.3. The van der Waals surface area contributed by atoms with E-state index in [1.54, 1.807) is 19.1 Å². The SMILES string of the molecule is CCCCC(C)(O)c1ccc(C(N)=NC=N)[nH]1. The molecular weight excluding hydrogens is 216 g/mol. The highest BCUT2D eigenvalue weighted by Crippen LogP contribution is 2.25. The van der Waals surface area contributed by atoms with Gasteiger partial charge in [-0.3, -0.25) is 5.41 Å². The molecule has 5 nitrogen and oxygen atoms in total. The lowest BCUT2D eigenvalue weighted by Gasteiger charge is -2.21. The van der Waals surface area contributed by atoms with Gasteiger partial charge in [0, 0.05) is 5.69 Å². The molecule has 0 spiro atoms. The lowest BCUT2D eigenvalue weighted by atomic mass is 9.96. The molecule has 0 saturated carbocycles. The molecule has 0 saturated heterocycles. The van der Waals surface area contributed by atoms with Crippen LogP contribution in [0.4, 0.5) is 0 Å². The first kappa shape index (κ1) is 13.4. The molecule has 5 heteroatoms. The minimum atomic E-state index is -0.876. The highest BCUT2D eigenvalue weighted by atomic mass is 16.3. The number of aromatic nitrogens is 1. The Morgan fingerprint density at radius 1 is 1.65 bits per heavy atom. The summed E-state index contributed by atoms with van der Waals surface area (Å²) in [5.74, 6) is 0.248. The fourth-order valence-electron chi connectivity index (χ4n) is 1.65. The zero-order valence-electron chi connectivity index (χ0n) is 10.3.